The molecule has 3 saturated heterocycles. The predicted octanol–water partition coefficient (Wildman–Crippen LogP) is 3.85. The Hall–Kier alpha value is -5.59. The van der Waals surface area contributed by atoms with Gasteiger partial charge in [0, 0.05) is 87.8 Å². The molecule has 3 amide bonds. The summed E-state index contributed by atoms with van der Waals surface area (Å²) >= 11 is 6.15. The van der Waals surface area contributed by atoms with Crippen molar-refractivity contribution >= 4 is 51.7 Å². The standard InChI is InChI=1S/C41H45ClN10O5/c42-35-20-33(5-1-27(35)21-43)57-32-6-2-30(3-7-32)47-38(54)29-22-44-41(45-23-29)51-13-11-26(12-14-51)25-49-15-17-50(18-16-49)31-4-8-34-28(19-31)24-46-52(40(34)56)36-9-10-37(53)48-39(36)55/h1,4-5,8,19-20,22-24,26,30,32,36H,2-3,6-7,9-18,25H2,(H,47,54)(H,48,53,55)/t30?,32?,36-/m1/s1. The average Bonchev–Trinajstić information content (AvgIpc) is 3.23. The van der Waals surface area contributed by atoms with Crippen LogP contribution >= 0.6 is 11.6 Å². The van der Waals surface area contributed by atoms with E-state index in [1.54, 1.807) is 36.8 Å². The maximum Gasteiger partial charge on any atom is 0.275 e. The number of nitrogens with one attached hydrogen (secondary N) is 2. The number of hydrogen-bond donors (Lipinski definition) is 2. The van der Waals surface area contributed by atoms with Gasteiger partial charge in [-0.15, -0.1) is 0 Å². The molecule has 3 aliphatic heterocycles. The number of amides is 3. The lowest BCUT2D eigenvalue weighted by atomic mass is 9.92. The topological polar surface area (TPSA) is 179 Å². The third kappa shape index (κ3) is 8.72. The van der Waals surface area contributed by atoms with Gasteiger partial charge in [0.2, 0.25) is 11.9 Å². The molecule has 1 saturated carbocycles. The summed E-state index contributed by atoms with van der Waals surface area (Å²) in [5, 5.41) is 20.4. The Balaban J connectivity index is 0.756. The molecule has 0 radical (unpaired) electrons. The third-order valence-corrected chi connectivity index (χ3v) is 12.0. The summed E-state index contributed by atoms with van der Waals surface area (Å²) in [5.41, 5.74) is 1.58. The van der Waals surface area contributed by atoms with E-state index in [0.29, 0.717) is 39.2 Å². The van der Waals surface area contributed by atoms with Crippen LogP contribution in [0.5, 0.6) is 5.75 Å². The summed E-state index contributed by atoms with van der Waals surface area (Å²) in [6, 6.07) is 12.2. The Morgan fingerprint density at radius 3 is 2.35 bits per heavy atom. The molecule has 0 unspecified atom stereocenters. The van der Waals surface area contributed by atoms with E-state index >= 15 is 0 Å². The summed E-state index contributed by atoms with van der Waals surface area (Å²) in [7, 11) is 0. The van der Waals surface area contributed by atoms with Crippen LogP contribution in [0.15, 0.2) is 59.8 Å². The molecule has 2 aromatic carbocycles. The third-order valence-electron chi connectivity index (χ3n) is 11.7. The van der Waals surface area contributed by atoms with Crippen LogP contribution in [0.4, 0.5) is 11.6 Å². The molecule has 2 N–H and O–H groups in total. The molecule has 4 aromatic rings. The highest BCUT2D eigenvalue weighted by Gasteiger charge is 2.31. The summed E-state index contributed by atoms with van der Waals surface area (Å²) in [6.07, 6.45) is 10.6. The summed E-state index contributed by atoms with van der Waals surface area (Å²) in [6.45, 7) is 6.43. The molecule has 16 heteroatoms. The van der Waals surface area contributed by atoms with Crippen LogP contribution in [0, 0.1) is 17.2 Å². The number of rotatable bonds is 9. The molecule has 0 spiro atoms. The number of fused-ring (bicyclic) bond motifs is 1. The minimum atomic E-state index is -0.783. The summed E-state index contributed by atoms with van der Waals surface area (Å²) in [5.74, 6) is 0.893. The molecule has 15 nitrogen and oxygen atoms in total. The van der Waals surface area contributed by atoms with Gasteiger partial charge in [-0.25, -0.2) is 14.6 Å². The van der Waals surface area contributed by atoms with Crippen LogP contribution in [0.2, 0.25) is 5.02 Å². The number of nitrogens with zero attached hydrogens (tertiary/aromatic N) is 8. The number of benzene rings is 2. The number of piperidine rings is 2. The number of piperazine rings is 1. The lowest BCUT2D eigenvalue weighted by Crippen LogP contribution is -2.49. The molecule has 296 valence electrons. The van der Waals surface area contributed by atoms with E-state index in [9.17, 15) is 19.2 Å². The Bertz CT molecular complexity index is 2240. The first-order chi connectivity index (χ1) is 27.7. The van der Waals surface area contributed by atoms with Crippen molar-refractivity contribution in [3.63, 3.8) is 0 Å². The predicted molar refractivity (Wildman–Crippen MR) is 213 cm³/mol. The Morgan fingerprint density at radius 2 is 1.65 bits per heavy atom. The molecule has 1 aliphatic carbocycles. The number of imide groups is 1. The van der Waals surface area contributed by atoms with Gasteiger partial charge in [0.1, 0.15) is 17.9 Å². The number of hydrogen-bond acceptors (Lipinski definition) is 12. The molecule has 57 heavy (non-hydrogen) atoms. The SMILES string of the molecule is N#Cc1ccc(OC2CCC(NC(=O)c3cnc(N4CCC(CN5CCN(c6ccc7c(=O)n([C@@H]8CCC(=O)NC8=O)ncc7c6)CC5)CC4)nc3)CC2)cc1Cl. The van der Waals surface area contributed by atoms with Crippen molar-refractivity contribution in [3.05, 3.63) is 81.5 Å². The highest BCUT2D eigenvalue weighted by atomic mass is 35.5. The van der Waals surface area contributed by atoms with Crippen LogP contribution in [0.1, 0.15) is 73.3 Å². The van der Waals surface area contributed by atoms with Crippen LogP contribution < -0.4 is 30.7 Å². The number of carbonyl (C=O) groups is 3. The van der Waals surface area contributed by atoms with Gasteiger partial charge in [-0.3, -0.25) is 29.4 Å². The van der Waals surface area contributed by atoms with Crippen molar-refractivity contribution in [1.29, 1.82) is 5.26 Å². The number of halogens is 1. The lowest BCUT2D eigenvalue weighted by molar-refractivity contribution is -0.136. The van der Waals surface area contributed by atoms with E-state index in [4.69, 9.17) is 21.6 Å². The van der Waals surface area contributed by atoms with Gasteiger partial charge >= 0.3 is 0 Å². The highest BCUT2D eigenvalue weighted by Crippen LogP contribution is 2.29. The molecule has 4 aliphatic rings. The first-order valence-corrected chi connectivity index (χ1v) is 20.2. The van der Waals surface area contributed by atoms with E-state index in [1.165, 1.54) is 4.68 Å². The second-order valence-electron chi connectivity index (χ2n) is 15.4. The Labute approximate surface area is 334 Å². The minimum Gasteiger partial charge on any atom is -0.490 e. The summed E-state index contributed by atoms with van der Waals surface area (Å²) < 4.78 is 7.28. The largest absolute Gasteiger partial charge is 0.490 e. The molecule has 0 bridgehead atoms. The lowest BCUT2D eigenvalue weighted by Gasteiger charge is -2.39. The maximum atomic E-state index is 13.2. The Kier molecular flexibility index (Phi) is 11.3. The zero-order chi connectivity index (χ0) is 39.5. The van der Waals surface area contributed by atoms with Gasteiger partial charge in [0.15, 0.2) is 0 Å². The van der Waals surface area contributed by atoms with Gasteiger partial charge in [-0.1, -0.05) is 11.6 Å². The molecular weight excluding hydrogens is 748 g/mol. The molecule has 2 aromatic heterocycles. The number of carbonyl (C=O) groups excluding carboxylic acids is 3. The minimum absolute atomic E-state index is 0.0292. The van der Waals surface area contributed by atoms with E-state index in [-0.39, 0.29) is 42.4 Å². The zero-order valence-corrected chi connectivity index (χ0v) is 32.4. The molecule has 1 atom stereocenters. The second kappa shape index (κ2) is 16.9. The first kappa shape index (κ1) is 38.3. The first-order valence-electron chi connectivity index (χ1n) is 19.8. The number of ether oxygens (including phenoxy) is 1. The fraction of sp³-hybridized carbons (Fsp3) is 0.463. The highest BCUT2D eigenvalue weighted by molar-refractivity contribution is 6.31. The van der Waals surface area contributed by atoms with Gasteiger partial charge in [-0.05, 0) is 81.2 Å². The second-order valence-corrected chi connectivity index (χ2v) is 15.8. The molecule has 4 fully saturated rings. The van der Waals surface area contributed by atoms with E-state index < -0.39 is 11.9 Å². The van der Waals surface area contributed by atoms with Crippen molar-refractivity contribution in [2.24, 2.45) is 5.92 Å². The maximum absolute atomic E-state index is 13.2. The fourth-order valence-corrected chi connectivity index (χ4v) is 8.62. The van der Waals surface area contributed by atoms with Gasteiger partial charge in [0.25, 0.3) is 17.4 Å². The van der Waals surface area contributed by atoms with Crippen molar-refractivity contribution in [2.45, 2.75) is 69.6 Å². The number of anilines is 2. The molecule has 5 heterocycles. The zero-order valence-electron chi connectivity index (χ0n) is 31.6. The van der Waals surface area contributed by atoms with Crippen molar-refractivity contribution in [2.75, 3.05) is 55.6 Å². The smallest absolute Gasteiger partial charge is 0.275 e. The fourth-order valence-electron chi connectivity index (χ4n) is 8.40. The van der Waals surface area contributed by atoms with Crippen LogP contribution in [-0.4, -0.2) is 100 Å². The van der Waals surface area contributed by atoms with Crippen molar-refractivity contribution in [1.82, 2.24) is 35.3 Å². The van der Waals surface area contributed by atoms with E-state index in [1.807, 2.05) is 18.2 Å². The monoisotopic (exact) mass is 792 g/mol. The van der Waals surface area contributed by atoms with Crippen LogP contribution in [0.3, 0.4) is 0 Å². The number of aromatic nitrogens is 4. The quantitative estimate of drug-likeness (QED) is 0.235. The number of nitriles is 1. The molecular formula is C41H45ClN10O5. The van der Waals surface area contributed by atoms with E-state index in [2.05, 4.69) is 46.5 Å². The van der Waals surface area contributed by atoms with Gasteiger partial charge < -0.3 is 19.9 Å². The molecule has 8 rings (SSSR count). The van der Waals surface area contributed by atoms with E-state index in [0.717, 1.165) is 95.4 Å². The van der Waals surface area contributed by atoms with Crippen molar-refractivity contribution < 1.29 is 19.1 Å². The van der Waals surface area contributed by atoms with Crippen LogP contribution in [0.25, 0.3) is 10.8 Å². The summed E-state index contributed by atoms with van der Waals surface area (Å²) in [4.78, 5) is 66.3. The average molecular weight is 793 g/mol. The van der Waals surface area contributed by atoms with Gasteiger partial charge in [0.05, 0.1) is 33.8 Å². The Morgan fingerprint density at radius 1 is 0.895 bits per heavy atom. The van der Waals surface area contributed by atoms with Crippen molar-refractivity contribution in [3.8, 4) is 11.8 Å². The normalized spacial score (nSPS) is 22.2. The van der Waals surface area contributed by atoms with Gasteiger partial charge in [-0.2, -0.15) is 10.4 Å². The van der Waals surface area contributed by atoms with Crippen LogP contribution in [-0.2, 0) is 9.59 Å².